The van der Waals surface area contributed by atoms with Gasteiger partial charge in [-0.05, 0) is 18.6 Å². The van der Waals surface area contributed by atoms with Crippen LogP contribution >= 0.6 is 0 Å². The zero-order valence-corrected chi connectivity index (χ0v) is 15.9. The minimum atomic E-state index is -0.426. The zero-order valence-electron chi connectivity index (χ0n) is 15.9. The Kier molecular flexibility index (Phi) is 5.36. The van der Waals surface area contributed by atoms with Gasteiger partial charge >= 0.3 is 5.69 Å². The van der Waals surface area contributed by atoms with Gasteiger partial charge in [-0.1, -0.05) is 13.0 Å². The maximum Gasteiger partial charge on any atom is 0.330 e. The van der Waals surface area contributed by atoms with Crippen LogP contribution in [0.4, 0.5) is 0 Å². The van der Waals surface area contributed by atoms with Crippen LogP contribution in [0.1, 0.15) is 13.3 Å². The fraction of sp³-hybridized carbons (Fsp3) is 0.474. The summed E-state index contributed by atoms with van der Waals surface area (Å²) in [5, 5.41) is 0. The van der Waals surface area contributed by atoms with Crippen molar-refractivity contribution >= 4 is 11.2 Å². The number of fused-ring (bicyclic) bond motifs is 1. The molecule has 0 spiro atoms. The van der Waals surface area contributed by atoms with E-state index in [1.54, 1.807) is 6.20 Å². The fourth-order valence-corrected chi connectivity index (χ4v) is 3.58. The van der Waals surface area contributed by atoms with Gasteiger partial charge in [0.2, 0.25) is 0 Å². The highest BCUT2D eigenvalue weighted by atomic mass is 16.5. The summed E-state index contributed by atoms with van der Waals surface area (Å²) in [6.45, 7) is 6.98. The second kappa shape index (κ2) is 8.07. The van der Waals surface area contributed by atoms with Gasteiger partial charge in [0.1, 0.15) is 5.69 Å². The first kappa shape index (κ1) is 18.6. The molecule has 0 bridgehead atoms. The van der Waals surface area contributed by atoms with E-state index in [2.05, 4.69) is 19.9 Å². The fourth-order valence-electron chi connectivity index (χ4n) is 3.58. The first-order valence-electron chi connectivity index (χ1n) is 9.64. The smallest absolute Gasteiger partial charge is 0.330 e. The SMILES string of the molecule is CCCn1c(=O)[nH]c(=O)c2c1nc(-c1ccccn1)n2CCN1CCOCC1. The van der Waals surface area contributed by atoms with Gasteiger partial charge in [0.25, 0.3) is 5.56 Å². The minimum Gasteiger partial charge on any atom is -0.379 e. The van der Waals surface area contributed by atoms with Crippen LogP contribution in [-0.4, -0.2) is 61.8 Å². The molecule has 0 unspecified atom stereocenters. The second-order valence-electron chi connectivity index (χ2n) is 6.84. The van der Waals surface area contributed by atoms with Crippen molar-refractivity contribution in [3.8, 4) is 11.5 Å². The van der Waals surface area contributed by atoms with Crippen LogP contribution in [0, 0.1) is 0 Å². The molecule has 1 aliphatic heterocycles. The van der Waals surface area contributed by atoms with Crippen molar-refractivity contribution in [2.75, 3.05) is 32.8 Å². The highest BCUT2D eigenvalue weighted by Gasteiger charge is 2.21. The summed E-state index contributed by atoms with van der Waals surface area (Å²) in [6.07, 6.45) is 2.46. The average molecular weight is 384 g/mol. The molecule has 1 saturated heterocycles. The number of aromatic amines is 1. The summed E-state index contributed by atoms with van der Waals surface area (Å²) in [5.41, 5.74) is 0.671. The van der Waals surface area contributed by atoms with E-state index in [0.717, 1.165) is 26.1 Å². The molecular weight excluding hydrogens is 360 g/mol. The van der Waals surface area contributed by atoms with E-state index < -0.39 is 11.2 Å². The molecule has 1 fully saturated rings. The first-order chi connectivity index (χ1) is 13.7. The van der Waals surface area contributed by atoms with Crippen LogP contribution in [0.25, 0.3) is 22.7 Å². The van der Waals surface area contributed by atoms with E-state index in [-0.39, 0.29) is 0 Å². The predicted molar refractivity (Wildman–Crippen MR) is 105 cm³/mol. The Labute approximate surface area is 161 Å². The monoisotopic (exact) mass is 384 g/mol. The van der Waals surface area contributed by atoms with Gasteiger partial charge in [-0.25, -0.2) is 9.78 Å². The van der Waals surface area contributed by atoms with Gasteiger partial charge in [-0.3, -0.25) is 24.2 Å². The quantitative estimate of drug-likeness (QED) is 0.672. The Hall–Kier alpha value is -2.78. The number of hydrogen-bond donors (Lipinski definition) is 1. The largest absolute Gasteiger partial charge is 0.379 e. The van der Waals surface area contributed by atoms with Crippen molar-refractivity contribution in [1.82, 2.24) is 29.0 Å². The van der Waals surface area contributed by atoms with Crippen LogP contribution in [-0.2, 0) is 17.8 Å². The Morgan fingerprint density at radius 1 is 1.11 bits per heavy atom. The number of pyridine rings is 1. The topological polar surface area (TPSA) is 98.0 Å². The third kappa shape index (κ3) is 3.50. The third-order valence-electron chi connectivity index (χ3n) is 4.97. The van der Waals surface area contributed by atoms with E-state index >= 15 is 0 Å². The molecule has 0 aromatic carbocycles. The second-order valence-corrected chi connectivity index (χ2v) is 6.84. The lowest BCUT2D eigenvalue weighted by molar-refractivity contribution is 0.0365. The first-order valence-corrected chi connectivity index (χ1v) is 9.64. The van der Waals surface area contributed by atoms with Gasteiger partial charge < -0.3 is 9.30 Å². The van der Waals surface area contributed by atoms with Crippen molar-refractivity contribution < 1.29 is 4.74 Å². The number of H-pyrrole nitrogens is 1. The van der Waals surface area contributed by atoms with Gasteiger partial charge in [0, 0.05) is 38.9 Å². The van der Waals surface area contributed by atoms with E-state index in [9.17, 15) is 9.59 Å². The van der Waals surface area contributed by atoms with Crippen molar-refractivity contribution in [3.63, 3.8) is 0 Å². The van der Waals surface area contributed by atoms with E-state index in [1.807, 2.05) is 29.7 Å². The molecule has 0 saturated carbocycles. The molecule has 0 aliphatic carbocycles. The lowest BCUT2D eigenvalue weighted by Gasteiger charge is -2.26. The predicted octanol–water partition coefficient (Wildman–Crippen LogP) is 0.690. The lowest BCUT2D eigenvalue weighted by atomic mass is 10.3. The van der Waals surface area contributed by atoms with Crippen LogP contribution in [0.5, 0.6) is 0 Å². The number of aryl methyl sites for hydroxylation is 1. The van der Waals surface area contributed by atoms with E-state index in [1.165, 1.54) is 4.57 Å². The summed E-state index contributed by atoms with van der Waals surface area (Å²) in [7, 11) is 0. The molecule has 1 N–H and O–H groups in total. The molecule has 28 heavy (non-hydrogen) atoms. The summed E-state index contributed by atoms with van der Waals surface area (Å²) in [5.74, 6) is 0.602. The van der Waals surface area contributed by atoms with Gasteiger partial charge in [0.15, 0.2) is 17.0 Å². The van der Waals surface area contributed by atoms with Crippen molar-refractivity contribution in [3.05, 3.63) is 45.2 Å². The molecule has 4 rings (SSSR count). The Balaban J connectivity index is 1.85. The van der Waals surface area contributed by atoms with Crippen LogP contribution in [0.3, 0.4) is 0 Å². The molecule has 9 heteroatoms. The standard InChI is InChI=1S/C19H24N6O3/c1-2-7-25-17-15(18(26)22-19(25)27)24(9-8-23-10-12-28-13-11-23)16(21-17)14-5-3-4-6-20-14/h3-6H,2,7-13H2,1H3,(H,22,26,27). The number of nitrogens with zero attached hydrogens (tertiary/aromatic N) is 5. The van der Waals surface area contributed by atoms with Gasteiger partial charge in [-0.15, -0.1) is 0 Å². The van der Waals surface area contributed by atoms with Crippen molar-refractivity contribution in [2.24, 2.45) is 0 Å². The average Bonchev–Trinajstić information content (AvgIpc) is 3.11. The summed E-state index contributed by atoms with van der Waals surface area (Å²) in [6, 6.07) is 5.59. The van der Waals surface area contributed by atoms with Gasteiger partial charge in [-0.2, -0.15) is 0 Å². The molecule has 9 nitrogen and oxygen atoms in total. The molecule has 0 atom stereocenters. The lowest BCUT2D eigenvalue weighted by Crippen LogP contribution is -2.38. The highest BCUT2D eigenvalue weighted by Crippen LogP contribution is 2.21. The summed E-state index contributed by atoms with van der Waals surface area (Å²) >= 11 is 0. The number of morpholine rings is 1. The van der Waals surface area contributed by atoms with Crippen LogP contribution in [0.2, 0.25) is 0 Å². The molecule has 0 radical (unpaired) electrons. The number of rotatable bonds is 6. The van der Waals surface area contributed by atoms with Crippen LogP contribution in [0.15, 0.2) is 34.0 Å². The Bertz CT molecular complexity index is 1060. The Morgan fingerprint density at radius 2 is 1.93 bits per heavy atom. The number of imidazole rings is 1. The van der Waals surface area contributed by atoms with E-state index in [0.29, 0.717) is 49.0 Å². The molecule has 148 valence electrons. The van der Waals surface area contributed by atoms with E-state index in [4.69, 9.17) is 4.74 Å². The normalized spacial score (nSPS) is 15.3. The highest BCUT2D eigenvalue weighted by molar-refractivity contribution is 5.76. The Morgan fingerprint density at radius 3 is 2.64 bits per heavy atom. The molecule has 1 aliphatic rings. The zero-order chi connectivity index (χ0) is 19.5. The van der Waals surface area contributed by atoms with Crippen molar-refractivity contribution in [1.29, 1.82) is 0 Å². The number of aromatic nitrogens is 5. The number of ether oxygens (including phenoxy) is 1. The summed E-state index contributed by atoms with van der Waals surface area (Å²) in [4.78, 5) is 38.9. The van der Waals surface area contributed by atoms with Crippen LogP contribution < -0.4 is 11.2 Å². The minimum absolute atomic E-state index is 0.413. The number of nitrogens with one attached hydrogen (secondary N) is 1. The molecule has 3 aromatic rings. The summed E-state index contributed by atoms with van der Waals surface area (Å²) < 4.78 is 8.83. The van der Waals surface area contributed by atoms with Crippen molar-refractivity contribution in [2.45, 2.75) is 26.4 Å². The van der Waals surface area contributed by atoms with Gasteiger partial charge in [0.05, 0.1) is 13.2 Å². The third-order valence-corrected chi connectivity index (χ3v) is 4.97. The molecule has 4 heterocycles. The maximum absolute atomic E-state index is 12.7. The molecular formula is C19H24N6O3. The molecule has 0 amide bonds. The maximum atomic E-state index is 12.7. The number of hydrogen-bond acceptors (Lipinski definition) is 6. The molecule has 3 aromatic heterocycles.